The Morgan fingerprint density at radius 3 is 1.51 bits per heavy atom. The first-order chi connectivity index (χ1) is 26.3. The van der Waals surface area contributed by atoms with Gasteiger partial charge in [0.15, 0.2) is 8.07 Å². The maximum Gasteiger partial charge on any atom is 0.197 e. The highest BCUT2D eigenvalue weighted by molar-refractivity contribution is 7.21. The lowest BCUT2D eigenvalue weighted by Crippen LogP contribution is -2.77. The summed E-state index contributed by atoms with van der Waals surface area (Å²) in [6, 6.07) is 69.3. The molecule has 11 rings (SSSR count). The summed E-state index contributed by atoms with van der Waals surface area (Å²) in [7, 11) is -2.96. The lowest BCUT2D eigenvalue weighted by Gasteiger charge is -2.43. The van der Waals surface area contributed by atoms with E-state index in [1.165, 1.54) is 37.4 Å². The van der Waals surface area contributed by atoms with E-state index in [1.54, 1.807) is 0 Å². The molecule has 2 aliphatic rings. The van der Waals surface area contributed by atoms with Crippen LogP contribution in [0, 0.1) is 0 Å². The van der Waals surface area contributed by atoms with E-state index in [0.29, 0.717) is 0 Å². The maximum absolute atomic E-state index is 6.96. The number of hydrogen-bond donors (Lipinski definition) is 0. The molecule has 0 amide bonds. The number of ether oxygens (including phenoxy) is 2. The zero-order valence-corrected chi connectivity index (χ0v) is 29.7. The monoisotopic (exact) mass is 696 g/mol. The second-order valence-corrected chi connectivity index (χ2v) is 17.3. The molecule has 5 heteroatoms. The van der Waals surface area contributed by atoms with Gasteiger partial charge in [0, 0.05) is 50.8 Å². The number of fused-ring (bicyclic) bond motifs is 7. The van der Waals surface area contributed by atoms with Gasteiger partial charge in [0.25, 0.3) is 0 Å². The van der Waals surface area contributed by atoms with Crippen LogP contribution in [0.5, 0.6) is 23.0 Å². The van der Waals surface area contributed by atoms with Gasteiger partial charge in [0.2, 0.25) is 0 Å². The van der Waals surface area contributed by atoms with Crippen molar-refractivity contribution in [2.24, 2.45) is 0 Å². The molecule has 2 aliphatic heterocycles. The Morgan fingerprint density at radius 2 is 0.906 bits per heavy atom. The SMILES string of the molecule is c1ccc(N(c2ccccc2)c2ccc3c(c2)Oc2cccc4c2[Si]3(c2ccccc2)c2ccc(-n3c5ccccc5c5ccccc53)cc2O4)cc1. The zero-order chi connectivity index (χ0) is 34.9. The molecule has 0 fully saturated rings. The number of aromatic nitrogens is 1. The molecule has 0 radical (unpaired) electrons. The summed E-state index contributed by atoms with van der Waals surface area (Å²) in [6.45, 7) is 0. The number of para-hydroxylation sites is 4. The topological polar surface area (TPSA) is 26.6 Å². The third-order valence-electron chi connectivity index (χ3n) is 10.9. The van der Waals surface area contributed by atoms with Crippen LogP contribution in [0.15, 0.2) is 194 Å². The van der Waals surface area contributed by atoms with Crippen molar-refractivity contribution < 1.29 is 9.47 Å². The van der Waals surface area contributed by atoms with E-state index in [9.17, 15) is 0 Å². The Kier molecular flexibility index (Phi) is 6.54. The molecule has 3 heterocycles. The summed E-state index contributed by atoms with van der Waals surface area (Å²) in [5.74, 6) is 3.47. The van der Waals surface area contributed by atoms with Crippen LogP contribution in [-0.4, -0.2) is 12.6 Å². The van der Waals surface area contributed by atoms with E-state index in [0.717, 1.165) is 50.9 Å². The first kappa shape index (κ1) is 29.9. The molecule has 0 saturated heterocycles. The molecular weight excluding hydrogens is 665 g/mol. The fraction of sp³-hybridized carbons (Fsp3) is 0. The summed E-state index contributed by atoms with van der Waals surface area (Å²) in [5, 5.41) is 7.35. The number of benzene rings is 8. The van der Waals surface area contributed by atoms with Gasteiger partial charge < -0.3 is 18.9 Å². The van der Waals surface area contributed by atoms with Crippen molar-refractivity contribution in [3.63, 3.8) is 0 Å². The molecule has 4 nitrogen and oxygen atoms in total. The van der Waals surface area contributed by atoms with Crippen molar-refractivity contribution in [2.45, 2.75) is 0 Å². The van der Waals surface area contributed by atoms with Crippen LogP contribution in [0.4, 0.5) is 17.1 Å². The Bertz CT molecular complexity index is 2760. The quantitative estimate of drug-likeness (QED) is 0.168. The summed E-state index contributed by atoms with van der Waals surface area (Å²) >= 11 is 0. The van der Waals surface area contributed by atoms with Gasteiger partial charge in [-0.2, -0.15) is 0 Å². The second-order valence-electron chi connectivity index (χ2n) is 13.7. The van der Waals surface area contributed by atoms with Gasteiger partial charge in [-0.3, -0.25) is 0 Å². The second kappa shape index (κ2) is 11.6. The molecule has 1 atom stereocenters. The molecule has 0 spiro atoms. The highest BCUT2D eigenvalue weighted by Crippen LogP contribution is 2.43. The van der Waals surface area contributed by atoms with Crippen LogP contribution in [0.2, 0.25) is 0 Å². The molecular formula is C48H32N2O2Si. The standard InChI is InChI=1S/C48H32N2O2Si/c1-4-15-33(16-5-1)49(34-17-6-2-7-18-34)35-27-29-46-44(31-35)51-42-25-14-26-43-48(42)53(46,37-19-8-3-9-20-37)47-30-28-36(32-45(47)52-43)50-40-23-12-10-21-38(40)39-22-11-13-24-41(39)50/h1-32H. The highest BCUT2D eigenvalue weighted by Gasteiger charge is 2.53. The fourth-order valence-corrected chi connectivity index (χ4v) is 13.8. The van der Waals surface area contributed by atoms with Crippen molar-refractivity contribution in [2.75, 3.05) is 4.90 Å². The van der Waals surface area contributed by atoms with E-state index in [2.05, 4.69) is 204 Å². The van der Waals surface area contributed by atoms with Gasteiger partial charge in [-0.25, -0.2) is 0 Å². The minimum atomic E-state index is -2.96. The van der Waals surface area contributed by atoms with E-state index >= 15 is 0 Å². The largest absolute Gasteiger partial charge is 0.457 e. The third-order valence-corrected chi connectivity index (χ3v) is 15.8. The Morgan fingerprint density at radius 1 is 0.396 bits per heavy atom. The van der Waals surface area contributed by atoms with Crippen LogP contribution >= 0.6 is 0 Å². The molecule has 250 valence electrons. The molecule has 53 heavy (non-hydrogen) atoms. The van der Waals surface area contributed by atoms with Crippen molar-refractivity contribution >= 4 is 67.7 Å². The van der Waals surface area contributed by atoms with Gasteiger partial charge in [-0.05, 0) is 76.2 Å². The first-order valence-electron chi connectivity index (χ1n) is 18.0. The number of rotatable bonds is 5. The van der Waals surface area contributed by atoms with Gasteiger partial charge in [-0.15, -0.1) is 0 Å². The lowest BCUT2D eigenvalue weighted by molar-refractivity contribution is 0.463. The normalized spacial score (nSPS) is 15.2. The van der Waals surface area contributed by atoms with Crippen LogP contribution in [0.25, 0.3) is 27.5 Å². The van der Waals surface area contributed by atoms with Crippen LogP contribution < -0.4 is 35.1 Å². The van der Waals surface area contributed by atoms with Gasteiger partial charge in [-0.1, -0.05) is 121 Å². The molecule has 0 aliphatic carbocycles. The minimum absolute atomic E-state index is 0.853. The van der Waals surface area contributed by atoms with Crippen molar-refractivity contribution in [1.82, 2.24) is 4.57 Å². The van der Waals surface area contributed by atoms with Crippen LogP contribution in [0.3, 0.4) is 0 Å². The van der Waals surface area contributed by atoms with Crippen LogP contribution in [-0.2, 0) is 0 Å². The van der Waals surface area contributed by atoms with Gasteiger partial charge in [0.05, 0.1) is 11.0 Å². The van der Waals surface area contributed by atoms with E-state index in [1.807, 2.05) is 0 Å². The van der Waals surface area contributed by atoms with Crippen LogP contribution in [0.1, 0.15) is 0 Å². The first-order valence-corrected chi connectivity index (χ1v) is 20.0. The van der Waals surface area contributed by atoms with E-state index < -0.39 is 8.07 Å². The van der Waals surface area contributed by atoms with Crippen molar-refractivity contribution in [1.29, 1.82) is 0 Å². The van der Waals surface area contributed by atoms with Gasteiger partial charge in [0.1, 0.15) is 23.0 Å². The van der Waals surface area contributed by atoms with Crippen molar-refractivity contribution in [3.8, 4) is 28.7 Å². The summed E-state index contributed by atoms with van der Waals surface area (Å²) in [6.07, 6.45) is 0. The van der Waals surface area contributed by atoms with Crippen molar-refractivity contribution in [3.05, 3.63) is 194 Å². The molecule has 1 aromatic heterocycles. The lowest BCUT2D eigenvalue weighted by atomic mass is 10.2. The summed E-state index contributed by atoms with van der Waals surface area (Å²) < 4.78 is 16.3. The molecule has 0 bridgehead atoms. The smallest absolute Gasteiger partial charge is 0.197 e. The number of nitrogens with zero attached hydrogens (tertiary/aromatic N) is 2. The molecule has 0 N–H and O–H groups in total. The van der Waals surface area contributed by atoms with E-state index in [-0.39, 0.29) is 0 Å². The zero-order valence-electron chi connectivity index (χ0n) is 28.7. The highest BCUT2D eigenvalue weighted by atomic mass is 28.3. The summed E-state index contributed by atoms with van der Waals surface area (Å²) in [5.41, 5.74) is 6.62. The predicted octanol–water partition coefficient (Wildman–Crippen LogP) is 9.84. The molecule has 9 aromatic rings. The molecule has 0 saturated carbocycles. The number of anilines is 3. The van der Waals surface area contributed by atoms with E-state index in [4.69, 9.17) is 9.47 Å². The average Bonchev–Trinajstić information content (AvgIpc) is 3.56. The maximum atomic E-state index is 6.96. The minimum Gasteiger partial charge on any atom is -0.457 e. The molecule has 1 unspecified atom stereocenters. The third kappa shape index (κ3) is 4.35. The number of hydrogen-bond acceptors (Lipinski definition) is 3. The Labute approximate surface area is 308 Å². The predicted molar refractivity (Wildman–Crippen MR) is 219 cm³/mol. The average molecular weight is 697 g/mol. The Hall–Kier alpha value is -6.82. The fourth-order valence-electron chi connectivity index (χ4n) is 8.74. The Balaban J connectivity index is 1.17. The van der Waals surface area contributed by atoms with Gasteiger partial charge >= 0.3 is 0 Å². The summed E-state index contributed by atoms with van der Waals surface area (Å²) in [4.78, 5) is 2.29. The molecule has 8 aromatic carbocycles.